The Bertz CT molecular complexity index is 486. The maximum absolute atomic E-state index is 5.85. The van der Waals surface area contributed by atoms with E-state index in [2.05, 4.69) is 5.32 Å². The zero-order valence-electron chi connectivity index (χ0n) is 9.82. The molecule has 1 aromatic carbocycles. The lowest BCUT2D eigenvalue weighted by molar-refractivity contribution is 0.215. The van der Waals surface area contributed by atoms with Crippen LogP contribution in [0.5, 0.6) is 5.75 Å². The summed E-state index contributed by atoms with van der Waals surface area (Å²) in [6.45, 7) is 3.06. The van der Waals surface area contributed by atoms with Crippen LogP contribution < -0.4 is 10.1 Å². The molecule has 3 nitrogen and oxygen atoms in total. The number of benzene rings is 1. The Morgan fingerprint density at radius 3 is 3.00 bits per heavy atom. The predicted molar refractivity (Wildman–Crippen MR) is 67.3 cm³/mol. The highest BCUT2D eigenvalue weighted by Crippen LogP contribution is 2.22. The minimum atomic E-state index is 0.691. The zero-order valence-corrected chi connectivity index (χ0v) is 9.82. The Kier molecular flexibility index (Phi) is 3.01. The molecule has 1 saturated heterocycles. The van der Waals surface area contributed by atoms with Crippen molar-refractivity contribution in [1.29, 1.82) is 0 Å². The van der Waals surface area contributed by atoms with Gasteiger partial charge in [0, 0.05) is 5.39 Å². The minimum absolute atomic E-state index is 0.691. The van der Waals surface area contributed by atoms with Crippen molar-refractivity contribution in [3.05, 3.63) is 30.5 Å². The highest BCUT2D eigenvalue weighted by atomic mass is 16.5. The number of piperidine rings is 1. The molecule has 1 aliphatic rings. The Labute approximate surface area is 101 Å². The second-order valence-corrected chi connectivity index (χ2v) is 4.62. The maximum Gasteiger partial charge on any atom is 0.134 e. The van der Waals surface area contributed by atoms with Crippen LogP contribution in [0.15, 0.2) is 34.9 Å². The van der Waals surface area contributed by atoms with Gasteiger partial charge in [-0.3, -0.25) is 0 Å². The molecule has 0 atom stereocenters. The molecule has 1 N–H and O–H groups in total. The van der Waals surface area contributed by atoms with Crippen LogP contribution in [-0.2, 0) is 0 Å². The summed E-state index contributed by atoms with van der Waals surface area (Å²) >= 11 is 0. The van der Waals surface area contributed by atoms with E-state index in [4.69, 9.17) is 9.15 Å². The fraction of sp³-hybridized carbons (Fsp3) is 0.429. The predicted octanol–water partition coefficient (Wildman–Crippen LogP) is 2.81. The van der Waals surface area contributed by atoms with Crippen molar-refractivity contribution >= 4 is 11.0 Å². The third kappa shape index (κ3) is 2.44. The molecule has 0 spiro atoms. The molecular weight excluding hydrogens is 214 g/mol. The number of furan rings is 1. The summed E-state index contributed by atoms with van der Waals surface area (Å²) in [5.41, 5.74) is 0.916. The van der Waals surface area contributed by atoms with Crippen LogP contribution in [0.3, 0.4) is 0 Å². The van der Waals surface area contributed by atoms with Crippen molar-refractivity contribution in [2.45, 2.75) is 12.8 Å². The van der Waals surface area contributed by atoms with E-state index in [1.165, 1.54) is 12.8 Å². The zero-order chi connectivity index (χ0) is 11.5. The number of ether oxygens (including phenoxy) is 1. The van der Waals surface area contributed by atoms with Crippen LogP contribution in [0.1, 0.15) is 12.8 Å². The fourth-order valence-corrected chi connectivity index (χ4v) is 2.30. The van der Waals surface area contributed by atoms with Crippen LogP contribution in [0.2, 0.25) is 0 Å². The third-order valence-electron chi connectivity index (χ3n) is 3.37. The van der Waals surface area contributed by atoms with Crippen molar-refractivity contribution in [2.75, 3.05) is 19.7 Å². The summed E-state index contributed by atoms with van der Waals surface area (Å²) in [5.74, 6) is 1.63. The molecule has 17 heavy (non-hydrogen) atoms. The fourth-order valence-electron chi connectivity index (χ4n) is 2.30. The summed E-state index contributed by atoms with van der Waals surface area (Å²) < 4.78 is 11.2. The van der Waals surface area contributed by atoms with Gasteiger partial charge >= 0.3 is 0 Å². The monoisotopic (exact) mass is 231 g/mol. The van der Waals surface area contributed by atoms with Crippen molar-refractivity contribution in [1.82, 2.24) is 5.32 Å². The molecule has 1 aliphatic heterocycles. The van der Waals surface area contributed by atoms with E-state index < -0.39 is 0 Å². The smallest absolute Gasteiger partial charge is 0.134 e. The van der Waals surface area contributed by atoms with E-state index in [0.717, 1.165) is 36.4 Å². The summed E-state index contributed by atoms with van der Waals surface area (Å²) in [5, 5.41) is 4.47. The molecule has 0 aliphatic carbocycles. The first kappa shape index (κ1) is 10.7. The van der Waals surface area contributed by atoms with Gasteiger partial charge in [0.05, 0.1) is 12.9 Å². The average Bonchev–Trinajstić information content (AvgIpc) is 2.85. The molecule has 3 rings (SSSR count). The number of fused-ring (bicyclic) bond motifs is 1. The average molecular weight is 231 g/mol. The van der Waals surface area contributed by atoms with Gasteiger partial charge in [0.2, 0.25) is 0 Å². The van der Waals surface area contributed by atoms with Gasteiger partial charge in [-0.2, -0.15) is 0 Å². The third-order valence-corrected chi connectivity index (χ3v) is 3.37. The summed E-state index contributed by atoms with van der Waals surface area (Å²) in [6, 6.07) is 7.95. The largest absolute Gasteiger partial charge is 0.493 e. The quantitative estimate of drug-likeness (QED) is 0.882. The van der Waals surface area contributed by atoms with E-state index in [0.29, 0.717) is 5.92 Å². The van der Waals surface area contributed by atoms with E-state index in [1.54, 1.807) is 6.26 Å². The lowest BCUT2D eigenvalue weighted by atomic mass is 9.99. The normalized spacial score (nSPS) is 17.4. The lowest BCUT2D eigenvalue weighted by Gasteiger charge is -2.22. The topological polar surface area (TPSA) is 34.4 Å². The van der Waals surface area contributed by atoms with Crippen molar-refractivity contribution < 1.29 is 9.15 Å². The SMILES string of the molecule is c1cc2cc(OCC3CCNCC3)ccc2o1. The maximum atomic E-state index is 5.85. The molecule has 0 unspecified atom stereocenters. The minimum Gasteiger partial charge on any atom is -0.493 e. The first-order chi connectivity index (χ1) is 8.42. The Balaban J connectivity index is 1.63. The van der Waals surface area contributed by atoms with E-state index in [9.17, 15) is 0 Å². The number of rotatable bonds is 3. The molecule has 2 heterocycles. The highest BCUT2D eigenvalue weighted by molar-refractivity contribution is 5.78. The Morgan fingerprint density at radius 1 is 1.24 bits per heavy atom. The molecule has 2 aromatic rings. The van der Waals surface area contributed by atoms with Crippen LogP contribution >= 0.6 is 0 Å². The van der Waals surface area contributed by atoms with Crippen LogP contribution in [0.25, 0.3) is 11.0 Å². The molecule has 0 bridgehead atoms. The summed E-state index contributed by atoms with van der Waals surface area (Å²) in [4.78, 5) is 0. The summed E-state index contributed by atoms with van der Waals surface area (Å²) in [6.07, 6.45) is 4.14. The molecule has 1 aromatic heterocycles. The molecular formula is C14H17NO2. The second kappa shape index (κ2) is 4.80. The Hall–Kier alpha value is -1.48. The molecule has 0 radical (unpaired) electrons. The Morgan fingerprint density at radius 2 is 2.12 bits per heavy atom. The highest BCUT2D eigenvalue weighted by Gasteiger charge is 2.13. The van der Waals surface area contributed by atoms with Gasteiger partial charge in [-0.25, -0.2) is 0 Å². The summed E-state index contributed by atoms with van der Waals surface area (Å²) in [7, 11) is 0. The second-order valence-electron chi connectivity index (χ2n) is 4.62. The van der Waals surface area contributed by atoms with E-state index in [1.807, 2.05) is 24.3 Å². The van der Waals surface area contributed by atoms with Gasteiger partial charge in [-0.05, 0) is 56.1 Å². The lowest BCUT2D eigenvalue weighted by Crippen LogP contribution is -2.30. The molecule has 0 saturated carbocycles. The van der Waals surface area contributed by atoms with E-state index in [-0.39, 0.29) is 0 Å². The van der Waals surface area contributed by atoms with Gasteiger partial charge < -0.3 is 14.5 Å². The van der Waals surface area contributed by atoms with Crippen molar-refractivity contribution in [2.24, 2.45) is 5.92 Å². The van der Waals surface area contributed by atoms with Gasteiger partial charge in [0.25, 0.3) is 0 Å². The van der Waals surface area contributed by atoms with Gasteiger partial charge in [0.1, 0.15) is 11.3 Å². The number of nitrogens with one attached hydrogen (secondary N) is 1. The number of hydrogen-bond donors (Lipinski definition) is 1. The molecule has 90 valence electrons. The van der Waals surface area contributed by atoms with Crippen molar-refractivity contribution in [3.63, 3.8) is 0 Å². The van der Waals surface area contributed by atoms with Gasteiger partial charge in [-0.1, -0.05) is 0 Å². The molecule has 1 fully saturated rings. The van der Waals surface area contributed by atoms with Gasteiger partial charge in [0.15, 0.2) is 0 Å². The molecule has 0 amide bonds. The van der Waals surface area contributed by atoms with Crippen LogP contribution in [0, 0.1) is 5.92 Å². The number of hydrogen-bond acceptors (Lipinski definition) is 3. The first-order valence-electron chi connectivity index (χ1n) is 6.22. The van der Waals surface area contributed by atoms with Crippen molar-refractivity contribution in [3.8, 4) is 5.75 Å². The van der Waals surface area contributed by atoms with E-state index >= 15 is 0 Å². The first-order valence-corrected chi connectivity index (χ1v) is 6.22. The van der Waals surface area contributed by atoms with Gasteiger partial charge in [-0.15, -0.1) is 0 Å². The molecule has 3 heteroatoms. The van der Waals surface area contributed by atoms with Crippen LogP contribution in [-0.4, -0.2) is 19.7 Å². The van der Waals surface area contributed by atoms with Crippen LogP contribution in [0.4, 0.5) is 0 Å². The standard InChI is InChI=1S/C14H17NO2/c1-2-14-12(5-8-16-14)9-13(1)17-10-11-3-6-15-7-4-11/h1-2,5,8-9,11,15H,3-4,6-7,10H2.